The monoisotopic (exact) mass is 460 g/mol. The standard InChI is InChI=1S/C16H17BrN2O5S2/c1-19(10-13-5-3-7-25-13)15(20)11-24-16(21)9-18-26(22,23)14-6-2-4-12(17)8-14/h2-8,18H,9-11H2,1H3. The number of ether oxygens (including phenoxy) is 1. The third-order valence-electron chi connectivity index (χ3n) is 3.27. The van der Waals surface area contributed by atoms with Crippen LogP contribution in [0.25, 0.3) is 0 Å². The predicted octanol–water partition coefficient (Wildman–Crippen LogP) is 1.99. The summed E-state index contributed by atoms with van der Waals surface area (Å²) in [5.74, 6) is -1.21. The summed E-state index contributed by atoms with van der Waals surface area (Å²) in [6.07, 6.45) is 0. The minimum absolute atomic E-state index is 0.0198. The van der Waals surface area contributed by atoms with Gasteiger partial charge in [0.05, 0.1) is 11.4 Å². The Hall–Kier alpha value is -1.75. The zero-order chi connectivity index (χ0) is 19.2. The number of sulfonamides is 1. The first-order chi connectivity index (χ1) is 12.3. The molecule has 0 aliphatic carbocycles. The summed E-state index contributed by atoms with van der Waals surface area (Å²) in [7, 11) is -2.24. The molecule has 1 aromatic heterocycles. The van der Waals surface area contributed by atoms with Crippen molar-refractivity contribution in [1.29, 1.82) is 0 Å². The number of esters is 1. The molecule has 10 heteroatoms. The van der Waals surface area contributed by atoms with Crippen LogP contribution in [0.4, 0.5) is 0 Å². The van der Waals surface area contributed by atoms with Crippen molar-refractivity contribution in [3.8, 4) is 0 Å². The van der Waals surface area contributed by atoms with Crippen LogP contribution in [-0.2, 0) is 30.9 Å². The van der Waals surface area contributed by atoms with Gasteiger partial charge in [-0.3, -0.25) is 9.59 Å². The molecule has 0 saturated heterocycles. The maximum Gasteiger partial charge on any atom is 0.321 e. The van der Waals surface area contributed by atoms with Crippen molar-refractivity contribution in [2.75, 3.05) is 20.2 Å². The normalized spacial score (nSPS) is 11.2. The van der Waals surface area contributed by atoms with Crippen LogP contribution in [0.3, 0.4) is 0 Å². The first-order valence-corrected chi connectivity index (χ1v) is 10.6. The van der Waals surface area contributed by atoms with E-state index in [1.54, 1.807) is 19.2 Å². The van der Waals surface area contributed by atoms with Gasteiger partial charge >= 0.3 is 5.97 Å². The minimum Gasteiger partial charge on any atom is -0.455 e. The number of amides is 1. The molecule has 26 heavy (non-hydrogen) atoms. The lowest BCUT2D eigenvalue weighted by atomic mass is 10.4. The van der Waals surface area contributed by atoms with Gasteiger partial charge in [-0.15, -0.1) is 11.3 Å². The van der Waals surface area contributed by atoms with Crippen LogP contribution in [0.15, 0.2) is 51.1 Å². The lowest BCUT2D eigenvalue weighted by molar-refractivity contribution is -0.150. The second kappa shape index (κ2) is 9.26. The second-order valence-corrected chi connectivity index (χ2v) is 8.99. The zero-order valence-corrected chi connectivity index (χ0v) is 17.1. The number of hydrogen-bond acceptors (Lipinski definition) is 6. The number of rotatable bonds is 8. The Bertz CT molecular complexity index is 869. The summed E-state index contributed by atoms with van der Waals surface area (Å²) >= 11 is 4.71. The molecule has 0 radical (unpaired) electrons. The van der Waals surface area contributed by atoms with E-state index < -0.39 is 29.1 Å². The molecular weight excluding hydrogens is 444 g/mol. The molecule has 0 bridgehead atoms. The maximum atomic E-state index is 12.1. The lowest BCUT2D eigenvalue weighted by Gasteiger charge is -2.16. The summed E-state index contributed by atoms with van der Waals surface area (Å²) < 4.78 is 31.8. The molecule has 0 saturated carbocycles. The van der Waals surface area contributed by atoms with Crippen LogP contribution in [-0.4, -0.2) is 45.4 Å². The van der Waals surface area contributed by atoms with Gasteiger partial charge in [0.25, 0.3) is 5.91 Å². The van der Waals surface area contributed by atoms with E-state index in [1.165, 1.54) is 28.4 Å². The van der Waals surface area contributed by atoms with E-state index in [0.29, 0.717) is 11.0 Å². The van der Waals surface area contributed by atoms with Crippen LogP contribution >= 0.6 is 27.3 Å². The van der Waals surface area contributed by atoms with Gasteiger partial charge in [-0.2, -0.15) is 4.72 Å². The van der Waals surface area contributed by atoms with E-state index in [2.05, 4.69) is 20.7 Å². The van der Waals surface area contributed by atoms with E-state index in [-0.39, 0.29) is 10.8 Å². The van der Waals surface area contributed by atoms with Crippen molar-refractivity contribution in [3.05, 3.63) is 51.1 Å². The molecule has 1 N–H and O–H groups in total. The van der Waals surface area contributed by atoms with Gasteiger partial charge in [-0.05, 0) is 29.6 Å². The Morgan fingerprint density at radius 3 is 2.69 bits per heavy atom. The number of benzene rings is 1. The van der Waals surface area contributed by atoms with Crippen molar-refractivity contribution < 1.29 is 22.7 Å². The van der Waals surface area contributed by atoms with Gasteiger partial charge in [0.15, 0.2) is 6.61 Å². The Morgan fingerprint density at radius 1 is 1.27 bits per heavy atom. The second-order valence-electron chi connectivity index (χ2n) is 5.27. The van der Waals surface area contributed by atoms with Gasteiger partial charge in [-0.1, -0.05) is 28.1 Å². The first-order valence-electron chi connectivity index (χ1n) is 7.45. The predicted molar refractivity (Wildman–Crippen MR) is 101 cm³/mol. The van der Waals surface area contributed by atoms with E-state index in [1.807, 2.05) is 17.5 Å². The van der Waals surface area contributed by atoms with Crippen LogP contribution in [0.5, 0.6) is 0 Å². The van der Waals surface area contributed by atoms with Gasteiger partial charge in [0, 0.05) is 16.4 Å². The third kappa shape index (κ3) is 6.20. The molecule has 0 aliphatic heterocycles. The van der Waals surface area contributed by atoms with Crippen LogP contribution in [0, 0.1) is 0 Å². The molecule has 140 valence electrons. The van der Waals surface area contributed by atoms with Gasteiger partial charge < -0.3 is 9.64 Å². The Labute approximate surface area is 164 Å². The highest BCUT2D eigenvalue weighted by Crippen LogP contribution is 2.15. The highest BCUT2D eigenvalue weighted by molar-refractivity contribution is 9.10. The van der Waals surface area contributed by atoms with E-state index in [9.17, 15) is 18.0 Å². The molecule has 0 unspecified atom stereocenters. The molecule has 1 amide bonds. The molecule has 0 spiro atoms. The highest BCUT2D eigenvalue weighted by atomic mass is 79.9. The Kier molecular flexibility index (Phi) is 7.33. The molecule has 0 atom stereocenters. The largest absolute Gasteiger partial charge is 0.455 e. The van der Waals surface area contributed by atoms with Gasteiger partial charge in [0.2, 0.25) is 10.0 Å². The number of nitrogens with one attached hydrogen (secondary N) is 1. The SMILES string of the molecule is CN(Cc1cccs1)C(=O)COC(=O)CNS(=O)(=O)c1cccc(Br)c1. The van der Waals surface area contributed by atoms with Crippen LogP contribution in [0.2, 0.25) is 0 Å². The molecule has 1 heterocycles. The fourth-order valence-electron chi connectivity index (χ4n) is 1.90. The number of carbonyl (C=O) groups is 2. The maximum absolute atomic E-state index is 12.1. The van der Waals surface area contributed by atoms with Gasteiger partial charge in [-0.25, -0.2) is 8.42 Å². The summed E-state index contributed by atoms with van der Waals surface area (Å²) in [5.41, 5.74) is 0. The molecule has 7 nitrogen and oxygen atoms in total. The number of likely N-dealkylation sites (N-methyl/N-ethyl adjacent to an activating group) is 1. The Balaban J connectivity index is 1.78. The van der Waals surface area contributed by atoms with Crippen LogP contribution in [0.1, 0.15) is 4.88 Å². The lowest BCUT2D eigenvalue weighted by Crippen LogP contribution is -2.34. The number of carbonyl (C=O) groups excluding carboxylic acids is 2. The number of halogens is 1. The molecule has 2 rings (SSSR count). The number of thiophene rings is 1. The van der Waals surface area contributed by atoms with Crippen molar-refractivity contribution in [1.82, 2.24) is 9.62 Å². The number of hydrogen-bond donors (Lipinski definition) is 1. The summed E-state index contributed by atoms with van der Waals surface area (Å²) in [6, 6.07) is 9.86. The van der Waals surface area contributed by atoms with Crippen molar-refractivity contribution in [2.45, 2.75) is 11.4 Å². The molecule has 1 aromatic carbocycles. The molecule has 0 fully saturated rings. The summed E-state index contributed by atoms with van der Waals surface area (Å²) in [5, 5.41) is 1.91. The van der Waals surface area contributed by atoms with E-state index in [4.69, 9.17) is 4.74 Å². The van der Waals surface area contributed by atoms with E-state index in [0.717, 1.165) is 4.88 Å². The average Bonchev–Trinajstić information content (AvgIpc) is 3.10. The van der Waals surface area contributed by atoms with Gasteiger partial charge in [0.1, 0.15) is 6.54 Å². The minimum atomic E-state index is -3.84. The smallest absolute Gasteiger partial charge is 0.321 e. The summed E-state index contributed by atoms with van der Waals surface area (Å²) in [4.78, 5) is 26.1. The van der Waals surface area contributed by atoms with Crippen molar-refractivity contribution >= 4 is 49.2 Å². The molecule has 0 aliphatic rings. The fourth-order valence-corrected chi connectivity index (χ4v) is 4.22. The Morgan fingerprint density at radius 2 is 2.04 bits per heavy atom. The van der Waals surface area contributed by atoms with E-state index >= 15 is 0 Å². The first kappa shape index (κ1) is 20.6. The third-order valence-corrected chi connectivity index (χ3v) is 6.02. The van der Waals surface area contributed by atoms with Crippen LogP contribution < -0.4 is 4.72 Å². The topological polar surface area (TPSA) is 92.8 Å². The number of nitrogens with zero attached hydrogens (tertiary/aromatic N) is 1. The van der Waals surface area contributed by atoms with Crippen molar-refractivity contribution in [3.63, 3.8) is 0 Å². The quantitative estimate of drug-likeness (QED) is 0.607. The zero-order valence-electron chi connectivity index (χ0n) is 13.8. The summed E-state index contributed by atoms with van der Waals surface area (Å²) in [6.45, 7) is -0.584. The average molecular weight is 461 g/mol. The highest BCUT2D eigenvalue weighted by Gasteiger charge is 2.18. The van der Waals surface area contributed by atoms with Crippen molar-refractivity contribution in [2.24, 2.45) is 0 Å². The molecule has 2 aromatic rings. The fraction of sp³-hybridized carbons (Fsp3) is 0.250. The molecular formula is C16H17BrN2O5S2.